The van der Waals surface area contributed by atoms with Crippen LogP contribution in [0.2, 0.25) is 0 Å². The highest BCUT2D eigenvalue weighted by atomic mass is 19.1. The molecular formula is C19H22FN3O2. The number of aryl methyl sites for hydroxylation is 2. The van der Waals surface area contributed by atoms with Crippen molar-refractivity contribution >= 4 is 11.6 Å². The topological polar surface area (TPSA) is 68.5 Å². The molecule has 1 saturated heterocycles. The number of hydrogen-bond donors (Lipinski definition) is 1. The highest BCUT2D eigenvalue weighted by molar-refractivity contribution is 5.76. The van der Waals surface area contributed by atoms with Crippen LogP contribution in [0.1, 0.15) is 29.5 Å². The quantitative estimate of drug-likeness (QED) is 0.927. The van der Waals surface area contributed by atoms with Crippen LogP contribution in [0.3, 0.4) is 0 Å². The van der Waals surface area contributed by atoms with E-state index in [1.165, 1.54) is 6.07 Å². The maximum absolute atomic E-state index is 13.7. The molecule has 2 aromatic rings. The van der Waals surface area contributed by atoms with Crippen molar-refractivity contribution in [3.05, 3.63) is 59.2 Å². The molecule has 0 aliphatic carbocycles. The zero-order chi connectivity index (χ0) is 17.8. The van der Waals surface area contributed by atoms with Crippen LogP contribution in [-0.4, -0.2) is 35.5 Å². The first-order valence-corrected chi connectivity index (χ1v) is 8.40. The van der Waals surface area contributed by atoms with E-state index in [2.05, 4.69) is 4.98 Å². The van der Waals surface area contributed by atoms with Crippen molar-refractivity contribution in [2.45, 2.75) is 25.9 Å². The summed E-state index contributed by atoms with van der Waals surface area (Å²) in [5, 5.41) is 0. The second kappa shape index (κ2) is 7.61. The summed E-state index contributed by atoms with van der Waals surface area (Å²) < 4.78 is 19.4. The number of morpholine rings is 1. The van der Waals surface area contributed by atoms with Crippen LogP contribution in [0.5, 0.6) is 0 Å². The molecule has 0 unspecified atom stereocenters. The van der Waals surface area contributed by atoms with Crippen LogP contribution in [0.25, 0.3) is 0 Å². The van der Waals surface area contributed by atoms with Gasteiger partial charge in [-0.3, -0.25) is 9.78 Å². The Kier molecular flexibility index (Phi) is 5.28. The summed E-state index contributed by atoms with van der Waals surface area (Å²) in [5.74, 6) is -0.272. The van der Waals surface area contributed by atoms with Gasteiger partial charge in [0.2, 0.25) is 5.91 Å². The van der Waals surface area contributed by atoms with Crippen LogP contribution >= 0.6 is 0 Å². The lowest BCUT2D eigenvalue weighted by Crippen LogP contribution is -2.42. The van der Waals surface area contributed by atoms with Gasteiger partial charge in [0.05, 0.1) is 18.8 Å². The van der Waals surface area contributed by atoms with Gasteiger partial charge in [0.1, 0.15) is 11.9 Å². The SMILES string of the molecule is Cc1cc(N)cc([C@H]2CN(C(=O)CCc3ccccc3F)CCO2)n1. The second-order valence-electron chi connectivity index (χ2n) is 6.26. The van der Waals surface area contributed by atoms with Gasteiger partial charge in [-0.05, 0) is 37.1 Å². The van der Waals surface area contributed by atoms with Gasteiger partial charge in [-0.1, -0.05) is 18.2 Å². The molecule has 0 spiro atoms. The fourth-order valence-corrected chi connectivity index (χ4v) is 3.04. The first-order valence-electron chi connectivity index (χ1n) is 8.40. The Morgan fingerprint density at radius 3 is 2.96 bits per heavy atom. The average Bonchev–Trinajstić information content (AvgIpc) is 2.60. The Labute approximate surface area is 146 Å². The summed E-state index contributed by atoms with van der Waals surface area (Å²) in [6.45, 7) is 3.30. The van der Waals surface area contributed by atoms with Gasteiger partial charge in [-0.15, -0.1) is 0 Å². The number of amides is 1. The molecule has 1 aliphatic rings. The van der Waals surface area contributed by atoms with Crippen LogP contribution in [-0.2, 0) is 16.0 Å². The van der Waals surface area contributed by atoms with E-state index in [1.54, 1.807) is 35.2 Å². The minimum Gasteiger partial charge on any atom is -0.399 e. The van der Waals surface area contributed by atoms with Crippen molar-refractivity contribution in [2.24, 2.45) is 0 Å². The third kappa shape index (κ3) is 4.33. The number of carbonyl (C=O) groups excluding carboxylic acids is 1. The van der Waals surface area contributed by atoms with E-state index in [0.29, 0.717) is 37.4 Å². The zero-order valence-corrected chi connectivity index (χ0v) is 14.2. The molecule has 0 radical (unpaired) electrons. The van der Waals surface area contributed by atoms with Crippen LogP contribution in [0, 0.1) is 12.7 Å². The van der Waals surface area contributed by atoms with Gasteiger partial charge in [0.25, 0.3) is 0 Å². The largest absolute Gasteiger partial charge is 0.399 e. The number of benzene rings is 1. The Hall–Kier alpha value is -2.47. The maximum Gasteiger partial charge on any atom is 0.223 e. The lowest BCUT2D eigenvalue weighted by molar-refractivity contribution is -0.139. The first kappa shape index (κ1) is 17.4. The predicted molar refractivity (Wildman–Crippen MR) is 93.4 cm³/mol. The van der Waals surface area contributed by atoms with Crippen LogP contribution in [0.15, 0.2) is 36.4 Å². The average molecular weight is 343 g/mol. The number of rotatable bonds is 4. The Bertz CT molecular complexity index is 746. The van der Waals surface area contributed by atoms with Crippen LogP contribution in [0.4, 0.5) is 10.1 Å². The minimum atomic E-state index is -0.284. The van der Waals surface area contributed by atoms with Crippen molar-refractivity contribution in [1.82, 2.24) is 9.88 Å². The number of hydrogen-bond acceptors (Lipinski definition) is 4. The lowest BCUT2D eigenvalue weighted by atomic mass is 10.1. The monoisotopic (exact) mass is 343 g/mol. The molecule has 0 saturated carbocycles. The molecule has 1 fully saturated rings. The Morgan fingerprint density at radius 1 is 1.40 bits per heavy atom. The highest BCUT2D eigenvalue weighted by Crippen LogP contribution is 2.23. The molecule has 1 aromatic carbocycles. The number of anilines is 1. The maximum atomic E-state index is 13.7. The summed E-state index contributed by atoms with van der Waals surface area (Å²) in [5.41, 5.74) is 8.63. The van der Waals surface area contributed by atoms with Gasteiger partial charge in [-0.25, -0.2) is 4.39 Å². The molecule has 5 nitrogen and oxygen atoms in total. The van der Waals surface area contributed by atoms with E-state index in [-0.39, 0.29) is 24.2 Å². The summed E-state index contributed by atoms with van der Waals surface area (Å²) >= 11 is 0. The van der Waals surface area contributed by atoms with Crippen molar-refractivity contribution in [3.8, 4) is 0 Å². The van der Waals surface area contributed by atoms with Gasteiger partial charge in [0, 0.05) is 24.3 Å². The number of ether oxygens (including phenoxy) is 1. The number of nitrogen functional groups attached to an aromatic ring is 1. The number of nitrogens with zero attached hydrogens (tertiary/aromatic N) is 2. The van der Waals surface area contributed by atoms with E-state index >= 15 is 0 Å². The molecule has 25 heavy (non-hydrogen) atoms. The second-order valence-corrected chi connectivity index (χ2v) is 6.26. The van der Waals surface area contributed by atoms with Crippen LogP contribution < -0.4 is 5.73 Å². The van der Waals surface area contributed by atoms with E-state index in [0.717, 1.165) is 11.4 Å². The number of nitrogens with two attached hydrogens (primary N) is 1. The molecule has 2 N–H and O–H groups in total. The fraction of sp³-hybridized carbons (Fsp3) is 0.368. The third-order valence-corrected chi connectivity index (χ3v) is 4.31. The smallest absolute Gasteiger partial charge is 0.223 e. The molecular weight excluding hydrogens is 321 g/mol. The number of aromatic nitrogens is 1. The van der Waals surface area contributed by atoms with Gasteiger partial charge in [-0.2, -0.15) is 0 Å². The van der Waals surface area contributed by atoms with E-state index < -0.39 is 0 Å². The summed E-state index contributed by atoms with van der Waals surface area (Å²) in [4.78, 5) is 18.7. The lowest BCUT2D eigenvalue weighted by Gasteiger charge is -2.33. The van der Waals surface area contributed by atoms with E-state index in [9.17, 15) is 9.18 Å². The summed E-state index contributed by atoms with van der Waals surface area (Å²) in [6.07, 6.45) is 0.383. The molecule has 2 heterocycles. The summed E-state index contributed by atoms with van der Waals surface area (Å²) in [7, 11) is 0. The highest BCUT2D eigenvalue weighted by Gasteiger charge is 2.26. The van der Waals surface area contributed by atoms with Crippen molar-refractivity contribution in [2.75, 3.05) is 25.4 Å². The Morgan fingerprint density at radius 2 is 2.20 bits per heavy atom. The number of carbonyl (C=O) groups is 1. The van der Waals surface area contributed by atoms with Gasteiger partial charge < -0.3 is 15.4 Å². The third-order valence-electron chi connectivity index (χ3n) is 4.31. The molecule has 1 atom stereocenters. The number of halogens is 1. The van der Waals surface area contributed by atoms with Crippen molar-refractivity contribution in [3.63, 3.8) is 0 Å². The number of pyridine rings is 1. The van der Waals surface area contributed by atoms with Crippen molar-refractivity contribution in [1.29, 1.82) is 0 Å². The van der Waals surface area contributed by atoms with E-state index in [1.807, 2.05) is 6.92 Å². The standard InChI is InChI=1S/C19H22FN3O2/c1-13-10-15(21)11-17(22-13)18-12-23(8-9-25-18)19(24)7-6-14-4-2-3-5-16(14)20/h2-5,10-11,18H,6-9,12H2,1H3,(H2,21,22)/t18-/m1/s1. The molecule has 132 valence electrons. The zero-order valence-electron chi connectivity index (χ0n) is 14.2. The van der Waals surface area contributed by atoms with Gasteiger partial charge >= 0.3 is 0 Å². The van der Waals surface area contributed by atoms with Crippen molar-refractivity contribution < 1.29 is 13.9 Å². The minimum absolute atomic E-state index is 0.00261. The van der Waals surface area contributed by atoms with Gasteiger partial charge in [0.15, 0.2) is 0 Å². The molecule has 1 aromatic heterocycles. The van der Waals surface area contributed by atoms with E-state index in [4.69, 9.17) is 10.5 Å². The fourth-order valence-electron chi connectivity index (χ4n) is 3.04. The molecule has 1 amide bonds. The normalized spacial score (nSPS) is 17.5. The molecule has 0 bridgehead atoms. The predicted octanol–water partition coefficient (Wildman–Crippen LogP) is 2.64. The summed E-state index contributed by atoms with van der Waals surface area (Å²) in [6, 6.07) is 10.1. The molecule has 3 rings (SSSR count). The Balaban J connectivity index is 1.62. The first-order chi connectivity index (χ1) is 12.0. The molecule has 6 heteroatoms. The molecule has 1 aliphatic heterocycles.